The van der Waals surface area contributed by atoms with Gasteiger partial charge in [-0.1, -0.05) is 25.1 Å². The van der Waals surface area contributed by atoms with Crippen LogP contribution >= 0.6 is 0 Å². The first-order chi connectivity index (χ1) is 11.0. The Balaban J connectivity index is 2.01. The van der Waals surface area contributed by atoms with Crippen LogP contribution in [-0.4, -0.2) is 17.7 Å². The van der Waals surface area contributed by atoms with Crippen LogP contribution in [0.25, 0.3) is 0 Å². The largest absolute Gasteiger partial charge is 0.374 e. The fourth-order valence-corrected chi connectivity index (χ4v) is 2.31. The summed E-state index contributed by atoms with van der Waals surface area (Å²) in [6.45, 7) is 5.43. The molecule has 0 heterocycles. The van der Waals surface area contributed by atoms with Crippen molar-refractivity contribution in [3.8, 4) is 0 Å². The summed E-state index contributed by atoms with van der Waals surface area (Å²) in [4.78, 5) is 23.5. The van der Waals surface area contributed by atoms with E-state index in [1.807, 2.05) is 31.2 Å². The summed E-state index contributed by atoms with van der Waals surface area (Å²) in [5.41, 5.74) is 3.46. The fraction of sp³-hybridized carbons (Fsp3) is 0.263. The van der Waals surface area contributed by atoms with Crippen molar-refractivity contribution in [3.05, 3.63) is 59.7 Å². The Morgan fingerprint density at radius 2 is 1.70 bits per heavy atom. The lowest BCUT2D eigenvalue weighted by molar-refractivity contribution is -0.116. The Labute approximate surface area is 136 Å². The number of ketones is 1. The van der Waals surface area contributed by atoms with E-state index in [2.05, 4.69) is 17.6 Å². The number of para-hydroxylation sites is 1. The van der Waals surface area contributed by atoms with Crippen LogP contribution in [0, 0.1) is 0 Å². The highest BCUT2D eigenvalue weighted by atomic mass is 16.2. The van der Waals surface area contributed by atoms with Gasteiger partial charge in [-0.05, 0) is 56.2 Å². The molecular weight excluding hydrogens is 288 g/mol. The summed E-state index contributed by atoms with van der Waals surface area (Å²) in [5.74, 6) is -0.111. The van der Waals surface area contributed by atoms with E-state index < -0.39 is 0 Å². The standard InChI is InChI=1S/C19H22N2O2/c1-4-15-7-5-6-8-18(15)20-13(2)19(23)21-17-11-9-16(10-12-17)14(3)22/h5-13,20H,4H2,1-3H3,(H,21,23)/t13-/m1/s1. The summed E-state index contributed by atoms with van der Waals surface area (Å²) < 4.78 is 0. The lowest BCUT2D eigenvalue weighted by Gasteiger charge is -2.17. The minimum absolute atomic E-state index is 0.00841. The molecular formula is C19H22N2O2. The Morgan fingerprint density at radius 1 is 1.04 bits per heavy atom. The summed E-state index contributed by atoms with van der Waals surface area (Å²) in [7, 11) is 0. The molecule has 0 fully saturated rings. The third-order valence-corrected chi connectivity index (χ3v) is 3.72. The number of benzene rings is 2. The first-order valence-corrected chi connectivity index (χ1v) is 7.77. The van der Waals surface area contributed by atoms with Crippen LogP contribution in [0.5, 0.6) is 0 Å². The highest BCUT2D eigenvalue weighted by Crippen LogP contribution is 2.17. The van der Waals surface area contributed by atoms with Crippen molar-refractivity contribution < 1.29 is 9.59 Å². The second-order valence-electron chi connectivity index (χ2n) is 5.50. The van der Waals surface area contributed by atoms with Crippen LogP contribution in [0.15, 0.2) is 48.5 Å². The van der Waals surface area contributed by atoms with E-state index in [4.69, 9.17) is 0 Å². The van der Waals surface area contributed by atoms with Gasteiger partial charge in [-0.2, -0.15) is 0 Å². The molecule has 0 aromatic heterocycles. The zero-order valence-electron chi connectivity index (χ0n) is 13.7. The smallest absolute Gasteiger partial charge is 0.246 e. The second-order valence-corrected chi connectivity index (χ2v) is 5.50. The number of carbonyl (C=O) groups is 2. The van der Waals surface area contributed by atoms with Gasteiger partial charge in [0.05, 0.1) is 0 Å². The zero-order chi connectivity index (χ0) is 16.8. The van der Waals surface area contributed by atoms with Crippen molar-refractivity contribution in [1.82, 2.24) is 0 Å². The fourth-order valence-electron chi connectivity index (χ4n) is 2.31. The number of hydrogen-bond donors (Lipinski definition) is 2. The molecule has 120 valence electrons. The number of amides is 1. The molecule has 0 bridgehead atoms. The van der Waals surface area contributed by atoms with Crippen LogP contribution in [0.1, 0.15) is 36.7 Å². The molecule has 0 saturated carbocycles. The number of Topliss-reactive ketones (excluding diaryl/α,β-unsaturated/α-hetero) is 1. The molecule has 2 aromatic carbocycles. The Bertz CT molecular complexity index is 693. The lowest BCUT2D eigenvalue weighted by atomic mass is 10.1. The number of anilines is 2. The van der Waals surface area contributed by atoms with E-state index in [1.165, 1.54) is 12.5 Å². The molecule has 0 aliphatic carbocycles. The molecule has 2 rings (SSSR count). The van der Waals surface area contributed by atoms with Gasteiger partial charge in [0.1, 0.15) is 6.04 Å². The molecule has 1 atom stereocenters. The van der Waals surface area contributed by atoms with Crippen molar-refractivity contribution in [2.75, 3.05) is 10.6 Å². The van der Waals surface area contributed by atoms with Gasteiger partial charge in [-0.25, -0.2) is 0 Å². The van der Waals surface area contributed by atoms with Crippen molar-refractivity contribution in [2.45, 2.75) is 33.2 Å². The summed E-state index contributed by atoms with van der Waals surface area (Å²) in [6, 6.07) is 14.5. The van der Waals surface area contributed by atoms with E-state index in [1.54, 1.807) is 24.3 Å². The molecule has 4 heteroatoms. The third kappa shape index (κ3) is 4.42. The van der Waals surface area contributed by atoms with Gasteiger partial charge in [0.15, 0.2) is 5.78 Å². The van der Waals surface area contributed by atoms with Crippen molar-refractivity contribution >= 4 is 23.1 Å². The minimum atomic E-state index is -0.366. The quantitative estimate of drug-likeness (QED) is 0.796. The molecule has 4 nitrogen and oxygen atoms in total. The van der Waals surface area contributed by atoms with Gasteiger partial charge >= 0.3 is 0 Å². The van der Waals surface area contributed by atoms with Crippen LogP contribution in [-0.2, 0) is 11.2 Å². The van der Waals surface area contributed by atoms with Crippen LogP contribution in [0.3, 0.4) is 0 Å². The molecule has 0 unspecified atom stereocenters. The van der Waals surface area contributed by atoms with Crippen LogP contribution in [0.4, 0.5) is 11.4 Å². The molecule has 0 aliphatic rings. The average molecular weight is 310 g/mol. The average Bonchev–Trinajstić information content (AvgIpc) is 2.55. The summed E-state index contributed by atoms with van der Waals surface area (Å²) in [6.07, 6.45) is 0.907. The highest BCUT2D eigenvalue weighted by Gasteiger charge is 2.14. The molecule has 0 saturated heterocycles. The molecule has 2 N–H and O–H groups in total. The number of rotatable bonds is 6. The molecule has 2 aromatic rings. The third-order valence-electron chi connectivity index (χ3n) is 3.72. The summed E-state index contributed by atoms with van der Waals surface area (Å²) >= 11 is 0. The predicted octanol–water partition coefficient (Wildman–Crippen LogP) is 3.89. The second kappa shape index (κ2) is 7.58. The maximum absolute atomic E-state index is 12.3. The molecule has 0 aliphatic heterocycles. The lowest BCUT2D eigenvalue weighted by Crippen LogP contribution is -2.32. The predicted molar refractivity (Wildman–Crippen MR) is 94.0 cm³/mol. The van der Waals surface area contributed by atoms with Crippen LogP contribution in [0.2, 0.25) is 0 Å². The minimum Gasteiger partial charge on any atom is -0.374 e. The maximum atomic E-state index is 12.3. The number of nitrogens with one attached hydrogen (secondary N) is 2. The van der Waals surface area contributed by atoms with Crippen LogP contribution < -0.4 is 10.6 Å². The molecule has 0 spiro atoms. The van der Waals surface area contributed by atoms with Crippen molar-refractivity contribution in [3.63, 3.8) is 0 Å². The molecule has 1 amide bonds. The topological polar surface area (TPSA) is 58.2 Å². The van der Waals surface area contributed by atoms with E-state index >= 15 is 0 Å². The Hall–Kier alpha value is -2.62. The SMILES string of the molecule is CCc1ccccc1N[C@H](C)C(=O)Nc1ccc(C(C)=O)cc1. The summed E-state index contributed by atoms with van der Waals surface area (Å²) in [5, 5.41) is 6.10. The first kappa shape index (κ1) is 16.7. The normalized spacial score (nSPS) is 11.6. The van der Waals surface area contributed by atoms with E-state index in [0.717, 1.165) is 12.1 Å². The molecule has 23 heavy (non-hydrogen) atoms. The van der Waals surface area contributed by atoms with E-state index in [0.29, 0.717) is 11.3 Å². The number of aryl methyl sites for hydroxylation is 1. The maximum Gasteiger partial charge on any atom is 0.246 e. The van der Waals surface area contributed by atoms with Gasteiger partial charge in [-0.3, -0.25) is 9.59 Å². The highest BCUT2D eigenvalue weighted by molar-refractivity contribution is 5.98. The van der Waals surface area contributed by atoms with Gasteiger partial charge in [0, 0.05) is 16.9 Å². The van der Waals surface area contributed by atoms with E-state index in [9.17, 15) is 9.59 Å². The van der Waals surface area contributed by atoms with E-state index in [-0.39, 0.29) is 17.7 Å². The number of carbonyl (C=O) groups excluding carboxylic acids is 2. The van der Waals surface area contributed by atoms with Gasteiger partial charge < -0.3 is 10.6 Å². The van der Waals surface area contributed by atoms with Crippen molar-refractivity contribution in [2.24, 2.45) is 0 Å². The van der Waals surface area contributed by atoms with Gasteiger partial charge in [0.25, 0.3) is 0 Å². The Morgan fingerprint density at radius 3 is 2.30 bits per heavy atom. The van der Waals surface area contributed by atoms with Crippen molar-refractivity contribution in [1.29, 1.82) is 0 Å². The monoisotopic (exact) mass is 310 g/mol. The first-order valence-electron chi connectivity index (χ1n) is 7.77. The number of hydrogen-bond acceptors (Lipinski definition) is 3. The van der Waals surface area contributed by atoms with Gasteiger partial charge in [0.2, 0.25) is 5.91 Å². The van der Waals surface area contributed by atoms with Gasteiger partial charge in [-0.15, -0.1) is 0 Å². The Kier molecular flexibility index (Phi) is 5.52. The zero-order valence-corrected chi connectivity index (χ0v) is 13.7. The molecule has 0 radical (unpaired) electrons.